The minimum atomic E-state index is -1.06. The van der Waals surface area contributed by atoms with E-state index in [4.69, 9.17) is 0 Å². The summed E-state index contributed by atoms with van der Waals surface area (Å²) in [6.07, 6.45) is 3.33. The van der Waals surface area contributed by atoms with Crippen LogP contribution in [0.5, 0.6) is 0 Å². The zero-order valence-electron chi connectivity index (χ0n) is 9.90. The number of hydrogen-bond donors (Lipinski definition) is 2. The lowest BCUT2D eigenvalue weighted by molar-refractivity contribution is -0.171. The molecule has 0 aliphatic heterocycles. The number of hydrogen-bond acceptors (Lipinski definition) is 2. The fourth-order valence-electron chi connectivity index (χ4n) is 2.96. The Bertz CT molecular complexity index is 287. The highest BCUT2D eigenvalue weighted by atomic mass is 16.4. The zero-order valence-corrected chi connectivity index (χ0v) is 9.90. The van der Waals surface area contributed by atoms with Crippen molar-refractivity contribution in [3.8, 4) is 0 Å². The van der Waals surface area contributed by atoms with Gasteiger partial charge in [0.1, 0.15) is 0 Å². The second-order valence-corrected chi connectivity index (χ2v) is 4.79. The van der Waals surface area contributed by atoms with Crippen LogP contribution in [0, 0.1) is 17.3 Å². The maximum absolute atomic E-state index is 11.5. The Balaban J connectivity index is 3.13. The van der Waals surface area contributed by atoms with Gasteiger partial charge < -0.3 is 10.2 Å². The molecule has 3 unspecified atom stereocenters. The van der Waals surface area contributed by atoms with Gasteiger partial charge in [-0.15, -0.1) is 0 Å². The molecule has 0 aromatic carbocycles. The van der Waals surface area contributed by atoms with Crippen LogP contribution in [0.2, 0.25) is 0 Å². The van der Waals surface area contributed by atoms with Gasteiger partial charge in [-0.25, -0.2) is 0 Å². The second kappa shape index (κ2) is 4.85. The van der Waals surface area contributed by atoms with Gasteiger partial charge in [-0.1, -0.05) is 33.1 Å². The lowest BCUT2D eigenvalue weighted by atomic mass is 9.59. The van der Waals surface area contributed by atoms with E-state index in [1.54, 1.807) is 0 Å². The van der Waals surface area contributed by atoms with E-state index in [9.17, 15) is 19.8 Å². The summed E-state index contributed by atoms with van der Waals surface area (Å²) in [6.45, 7) is 3.78. The normalized spacial score (nSPS) is 32.0. The van der Waals surface area contributed by atoms with Crippen molar-refractivity contribution < 1.29 is 19.8 Å². The summed E-state index contributed by atoms with van der Waals surface area (Å²) in [5, 5.41) is 18.7. The van der Waals surface area contributed by atoms with Crippen LogP contribution in [0.3, 0.4) is 0 Å². The summed E-state index contributed by atoms with van der Waals surface area (Å²) in [4.78, 5) is 22.8. The molecule has 0 amide bonds. The third-order valence-corrected chi connectivity index (χ3v) is 4.14. The molecular formula is C12H20O4. The second-order valence-electron chi connectivity index (χ2n) is 4.79. The van der Waals surface area contributed by atoms with Crippen molar-refractivity contribution in [2.75, 3.05) is 0 Å². The Hall–Kier alpha value is -1.06. The van der Waals surface area contributed by atoms with Crippen LogP contribution in [0.25, 0.3) is 0 Å². The average molecular weight is 228 g/mol. The van der Waals surface area contributed by atoms with Gasteiger partial charge in [0.25, 0.3) is 0 Å². The van der Waals surface area contributed by atoms with Crippen molar-refractivity contribution in [2.24, 2.45) is 17.3 Å². The molecule has 0 aromatic heterocycles. The van der Waals surface area contributed by atoms with Crippen LogP contribution in [0.1, 0.15) is 46.0 Å². The van der Waals surface area contributed by atoms with Gasteiger partial charge in [-0.3, -0.25) is 9.59 Å². The lowest BCUT2D eigenvalue weighted by Crippen LogP contribution is -2.49. The quantitative estimate of drug-likeness (QED) is 0.774. The monoisotopic (exact) mass is 228 g/mol. The van der Waals surface area contributed by atoms with Crippen molar-refractivity contribution in [1.29, 1.82) is 0 Å². The molecule has 0 spiro atoms. The van der Waals surface area contributed by atoms with E-state index in [-0.39, 0.29) is 5.92 Å². The number of carbonyl (C=O) groups is 2. The van der Waals surface area contributed by atoms with Gasteiger partial charge >= 0.3 is 11.9 Å². The number of carboxylic acids is 2. The van der Waals surface area contributed by atoms with E-state index in [2.05, 4.69) is 0 Å². The minimum Gasteiger partial charge on any atom is -0.481 e. The number of carboxylic acid groups (broad SMARTS) is 2. The Morgan fingerprint density at radius 3 is 2.44 bits per heavy atom. The topological polar surface area (TPSA) is 74.6 Å². The van der Waals surface area contributed by atoms with Crippen LogP contribution in [-0.2, 0) is 9.59 Å². The number of rotatable bonds is 4. The first-order valence-corrected chi connectivity index (χ1v) is 5.93. The standard InChI is InChI=1S/C12H20O4/c1-3-8(2)12(11(15)16)7-5-4-6-9(12)10(13)14/h8-9H,3-7H2,1-2H3,(H,13,14)(H,15,16). The molecule has 0 bridgehead atoms. The zero-order chi connectivity index (χ0) is 12.3. The van der Waals surface area contributed by atoms with Crippen LogP contribution in [0.4, 0.5) is 0 Å². The van der Waals surface area contributed by atoms with Gasteiger partial charge in [0.15, 0.2) is 0 Å². The first-order valence-electron chi connectivity index (χ1n) is 5.93. The molecule has 0 radical (unpaired) electrons. The molecule has 1 aliphatic rings. The molecule has 16 heavy (non-hydrogen) atoms. The third kappa shape index (κ3) is 1.93. The highest BCUT2D eigenvalue weighted by molar-refractivity contribution is 5.84. The van der Waals surface area contributed by atoms with Crippen LogP contribution in [-0.4, -0.2) is 22.2 Å². The summed E-state index contributed by atoms with van der Waals surface area (Å²) in [6, 6.07) is 0. The molecule has 0 saturated heterocycles. The van der Waals surface area contributed by atoms with Crippen molar-refractivity contribution in [3.63, 3.8) is 0 Å². The largest absolute Gasteiger partial charge is 0.481 e. The summed E-state index contributed by atoms with van der Waals surface area (Å²) < 4.78 is 0. The molecule has 1 aliphatic carbocycles. The highest BCUT2D eigenvalue weighted by Gasteiger charge is 2.53. The van der Waals surface area contributed by atoms with Gasteiger partial charge in [0.2, 0.25) is 0 Å². The molecule has 0 aromatic rings. The average Bonchev–Trinajstić information content (AvgIpc) is 2.27. The third-order valence-electron chi connectivity index (χ3n) is 4.14. The van der Waals surface area contributed by atoms with Crippen molar-refractivity contribution in [3.05, 3.63) is 0 Å². The lowest BCUT2D eigenvalue weighted by Gasteiger charge is -2.42. The smallest absolute Gasteiger partial charge is 0.310 e. The molecule has 1 fully saturated rings. The summed E-state index contributed by atoms with van der Waals surface area (Å²) >= 11 is 0. The Kier molecular flexibility index (Phi) is 3.94. The Morgan fingerprint density at radius 2 is 2.00 bits per heavy atom. The Morgan fingerprint density at radius 1 is 1.38 bits per heavy atom. The molecule has 4 heteroatoms. The fraction of sp³-hybridized carbons (Fsp3) is 0.833. The highest BCUT2D eigenvalue weighted by Crippen LogP contribution is 2.48. The maximum Gasteiger partial charge on any atom is 0.310 e. The molecular weight excluding hydrogens is 208 g/mol. The van der Waals surface area contributed by atoms with E-state index >= 15 is 0 Å². The SMILES string of the molecule is CCC(C)C1(C(=O)O)CCCCC1C(=O)O. The van der Waals surface area contributed by atoms with Crippen LogP contribution >= 0.6 is 0 Å². The predicted octanol–water partition coefficient (Wildman–Crippen LogP) is 2.38. The molecule has 3 atom stereocenters. The van der Waals surface area contributed by atoms with Crippen molar-refractivity contribution in [2.45, 2.75) is 46.0 Å². The maximum atomic E-state index is 11.5. The first kappa shape index (κ1) is 13.0. The van der Waals surface area contributed by atoms with E-state index in [0.717, 1.165) is 12.8 Å². The summed E-state index contributed by atoms with van der Waals surface area (Å²) in [5.41, 5.74) is -1.06. The van der Waals surface area contributed by atoms with E-state index < -0.39 is 23.3 Å². The Labute approximate surface area is 95.7 Å². The minimum absolute atomic E-state index is 0.0913. The summed E-state index contributed by atoms with van der Waals surface area (Å²) in [5.74, 6) is -2.71. The van der Waals surface area contributed by atoms with Gasteiger partial charge in [0.05, 0.1) is 11.3 Å². The molecule has 92 valence electrons. The van der Waals surface area contributed by atoms with Gasteiger partial charge in [-0.2, -0.15) is 0 Å². The van der Waals surface area contributed by atoms with Crippen LogP contribution in [0.15, 0.2) is 0 Å². The van der Waals surface area contributed by atoms with Crippen LogP contribution < -0.4 is 0 Å². The fourth-order valence-corrected chi connectivity index (χ4v) is 2.96. The predicted molar refractivity (Wildman–Crippen MR) is 59.1 cm³/mol. The van der Waals surface area contributed by atoms with Crippen molar-refractivity contribution in [1.82, 2.24) is 0 Å². The first-order chi connectivity index (χ1) is 7.46. The van der Waals surface area contributed by atoms with Gasteiger partial charge in [-0.05, 0) is 18.8 Å². The molecule has 2 N–H and O–H groups in total. The number of aliphatic carboxylic acids is 2. The molecule has 1 rings (SSSR count). The van der Waals surface area contributed by atoms with E-state index in [1.807, 2.05) is 13.8 Å². The summed E-state index contributed by atoms with van der Waals surface area (Å²) in [7, 11) is 0. The molecule has 0 heterocycles. The van der Waals surface area contributed by atoms with E-state index in [1.165, 1.54) is 0 Å². The molecule has 1 saturated carbocycles. The van der Waals surface area contributed by atoms with Crippen molar-refractivity contribution >= 4 is 11.9 Å². The van der Waals surface area contributed by atoms with Gasteiger partial charge in [0, 0.05) is 0 Å². The van der Waals surface area contributed by atoms with E-state index in [0.29, 0.717) is 19.3 Å². The molecule has 4 nitrogen and oxygen atoms in total.